The molecular weight excluding hydrogens is 244 g/mol. The van der Waals surface area contributed by atoms with Crippen molar-refractivity contribution in [1.82, 2.24) is 0 Å². The third-order valence-electron chi connectivity index (χ3n) is 3.07. The third kappa shape index (κ3) is 1.95. The molecule has 0 heterocycles. The Labute approximate surface area is 102 Å². The van der Waals surface area contributed by atoms with E-state index in [1.807, 2.05) is 0 Å². The molecule has 0 spiro atoms. The summed E-state index contributed by atoms with van der Waals surface area (Å²) < 4.78 is 30.5. The summed E-state index contributed by atoms with van der Waals surface area (Å²) in [6, 6.07) is 2.50. The second-order valence-electron chi connectivity index (χ2n) is 4.15. The number of phenols is 1. The maximum Gasteiger partial charge on any atom is 0.267 e. The highest BCUT2D eigenvalue weighted by molar-refractivity contribution is 5.54. The fourth-order valence-corrected chi connectivity index (χ4v) is 1.92. The summed E-state index contributed by atoms with van der Waals surface area (Å²) in [5.41, 5.74) is -1.23. The molecule has 1 saturated carbocycles. The average molecular weight is 255 g/mol. The fraction of sp³-hybridized carbons (Fsp3) is 0.417. The Morgan fingerprint density at radius 3 is 2.61 bits per heavy atom. The number of nitrogens with zero attached hydrogens (tertiary/aromatic N) is 1. The van der Waals surface area contributed by atoms with Gasteiger partial charge in [0.1, 0.15) is 17.0 Å². The Kier molecular flexibility index (Phi) is 3.05. The van der Waals surface area contributed by atoms with E-state index in [1.165, 1.54) is 19.3 Å². The van der Waals surface area contributed by atoms with Crippen LogP contribution in [0.25, 0.3) is 0 Å². The highest BCUT2D eigenvalue weighted by Gasteiger charge is 2.47. The Morgan fingerprint density at radius 2 is 2.17 bits per heavy atom. The Morgan fingerprint density at radius 1 is 1.50 bits per heavy atom. The van der Waals surface area contributed by atoms with Gasteiger partial charge < -0.3 is 9.84 Å². The quantitative estimate of drug-likeness (QED) is 0.664. The summed E-state index contributed by atoms with van der Waals surface area (Å²) in [6.45, 7) is 0. The SMILES string of the molecule is COc1cc(C(F)F)c(O)c(C2(N=C=O)CC2)c1. The normalized spacial score (nSPS) is 16.2. The number of rotatable bonds is 4. The van der Waals surface area contributed by atoms with E-state index in [0.717, 1.165) is 6.07 Å². The Hall–Kier alpha value is -1.94. The smallest absolute Gasteiger partial charge is 0.267 e. The van der Waals surface area contributed by atoms with Gasteiger partial charge in [0.05, 0.1) is 12.7 Å². The maximum absolute atomic E-state index is 12.8. The van der Waals surface area contributed by atoms with Gasteiger partial charge in [-0.25, -0.2) is 13.6 Å². The summed E-state index contributed by atoms with van der Waals surface area (Å²) in [5.74, 6) is -0.326. The summed E-state index contributed by atoms with van der Waals surface area (Å²) in [7, 11) is 1.34. The average Bonchev–Trinajstić information content (AvgIpc) is 3.10. The molecule has 0 radical (unpaired) electrons. The summed E-state index contributed by atoms with van der Waals surface area (Å²) in [6.07, 6.45) is -0.367. The first-order chi connectivity index (χ1) is 8.54. The predicted molar refractivity (Wildman–Crippen MR) is 58.6 cm³/mol. The number of halogens is 2. The number of hydrogen-bond acceptors (Lipinski definition) is 4. The van der Waals surface area contributed by atoms with Crippen LogP contribution in [0.15, 0.2) is 17.1 Å². The molecule has 1 fully saturated rings. The molecule has 0 aromatic heterocycles. The standard InChI is InChI=1S/C12H11F2NO3/c1-18-7-4-8(11(13)14)10(17)9(5-7)12(2-3-12)15-6-16/h4-5,11,17H,2-3H2,1H3. The van der Waals surface area contributed by atoms with Gasteiger partial charge in [-0.1, -0.05) is 0 Å². The van der Waals surface area contributed by atoms with Crippen LogP contribution in [-0.4, -0.2) is 18.3 Å². The second-order valence-corrected chi connectivity index (χ2v) is 4.15. The number of methoxy groups -OCH3 is 1. The molecule has 0 aliphatic heterocycles. The molecule has 6 heteroatoms. The van der Waals surface area contributed by atoms with Crippen molar-refractivity contribution in [3.05, 3.63) is 23.3 Å². The van der Waals surface area contributed by atoms with Gasteiger partial charge in [0.25, 0.3) is 6.43 Å². The molecule has 4 nitrogen and oxygen atoms in total. The molecule has 96 valence electrons. The summed E-state index contributed by atoms with van der Waals surface area (Å²) in [5, 5.41) is 9.86. The van der Waals surface area contributed by atoms with Crippen LogP contribution in [0.1, 0.15) is 30.4 Å². The monoisotopic (exact) mass is 255 g/mol. The van der Waals surface area contributed by atoms with E-state index in [1.54, 1.807) is 0 Å². The Balaban J connectivity index is 2.60. The van der Waals surface area contributed by atoms with Gasteiger partial charge in [0.15, 0.2) is 0 Å². The number of carbonyl (C=O) groups excluding carboxylic acids is 1. The fourth-order valence-electron chi connectivity index (χ4n) is 1.92. The minimum atomic E-state index is -2.82. The number of aliphatic imine (C=N–C) groups is 1. The molecule has 0 saturated heterocycles. The van der Waals surface area contributed by atoms with Gasteiger partial charge in [0.2, 0.25) is 6.08 Å². The molecule has 1 aliphatic carbocycles. The van der Waals surface area contributed by atoms with Crippen molar-refractivity contribution in [1.29, 1.82) is 0 Å². The number of aromatic hydroxyl groups is 1. The molecule has 0 amide bonds. The van der Waals surface area contributed by atoms with Crippen molar-refractivity contribution >= 4 is 6.08 Å². The summed E-state index contributed by atoms with van der Waals surface area (Å²) >= 11 is 0. The van der Waals surface area contributed by atoms with Crippen molar-refractivity contribution in [2.24, 2.45) is 4.99 Å². The molecule has 1 aromatic rings. The minimum absolute atomic E-state index is 0.195. The first-order valence-electron chi connectivity index (χ1n) is 5.32. The van der Waals surface area contributed by atoms with Crippen molar-refractivity contribution in [2.75, 3.05) is 7.11 Å². The lowest BCUT2D eigenvalue weighted by atomic mass is 10.00. The Bertz CT molecular complexity index is 520. The highest BCUT2D eigenvalue weighted by atomic mass is 19.3. The first kappa shape index (κ1) is 12.5. The zero-order valence-electron chi connectivity index (χ0n) is 9.61. The highest BCUT2D eigenvalue weighted by Crippen LogP contribution is 2.54. The molecule has 18 heavy (non-hydrogen) atoms. The van der Waals surface area contributed by atoms with Gasteiger partial charge in [-0.05, 0) is 25.0 Å². The number of alkyl halides is 2. The number of ether oxygens (including phenoxy) is 1. The zero-order valence-corrected chi connectivity index (χ0v) is 9.61. The van der Waals surface area contributed by atoms with Crippen molar-refractivity contribution in [3.63, 3.8) is 0 Å². The van der Waals surface area contributed by atoms with E-state index >= 15 is 0 Å². The van der Waals surface area contributed by atoms with Crippen LogP contribution in [-0.2, 0) is 10.3 Å². The van der Waals surface area contributed by atoms with Crippen LogP contribution >= 0.6 is 0 Å². The lowest BCUT2D eigenvalue weighted by molar-refractivity contribution is 0.146. The number of hydrogen-bond donors (Lipinski definition) is 1. The van der Waals surface area contributed by atoms with E-state index in [-0.39, 0.29) is 11.3 Å². The lowest BCUT2D eigenvalue weighted by Crippen LogP contribution is -2.05. The first-order valence-corrected chi connectivity index (χ1v) is 5.32. The van der Waals surface area contributed by atoms with Gasteiger partial charge in [-0.3, -0.25) is 0 Å². The van der Waals surface area contributed by atoms with E-state index < -0.39 is 23.3 Å². The molecule has 0 atom stereocenters. The van der Waals surface area contributed by atoms with Crippen molar-refractivity contribution < 1.29 is 23.4 Å². The van der Waals surface area contributed by atoms with E-state index in [0.29, 0.717) is 12.8 Å². The van der Waals surface area contributed by atoms with Gasteiger partial charge >= 0.3 is 0 Å². The van der Waals surface area contributed by atoms with Crippen LogP contribution in [0, 0.1) is 0 Å². The van der Waals surface area contributed by atoms with Crippen molar-refractivity contribution in [2.45, 2.75) is 24.8 Å². The van der Waals surface area contributed by atoms with E-state index in [4.69, 9.17) is 4.74 Å². The molecule has 1 aromatic carbocycles. The van der Waals surface area contributed by atoms with Crippen molar-refractivity contribution in [3.8, 4) is 11.5 Å². The topological polar surface area (TPSA) is 58.9 Å². The third-order valence-corrected chi connectivity index (χ3v) is 3.07. The van der Waals surface area contributed by atoms with Crippen LogP contribution in [0.2, 0.25) is 0 Å². The molecule has 1 N–H and O–H groups in total. The molecule has 0 bridgehead atoms. The number of benzene rings is 1. The summed E-state index contributed by atoms with van der Waals surface area (Å²) in [4.78, 5) is 14.0. The van der Waals surface area contributed by atoms with E-state index in [9.17, 15) is 18.7 Å². The minimum Gasteiger partial charge on any atom is -0.507 e. The van der Waals surface area contributed by atoms with Gasteiger partial charge in [-0.2, -0.15) is 4.99 Å². The lowest BCUT2D eigenvalue weighted by Gasteiger charge is -2.15. The van der Waals surface area contributed by atoms with Crippen LogP contribution in [0.5, 0.6) is 11.5 Å². The number of phenolic OH excluding ortho intramolecular Hbond substituents is 1. The van der Waals surface area contributed by atoms with Crippen LogP contribution < -0.4 is 4.74 Å². The molecule has 0 unspecified atom stereocenters. The molecule has 1 aliphatic rings. The predicted octanol–water partition coefficient (Wildman–Crippen LogP) is 2.66. The van der Waals surface area contributed by atoms with Crippen LogP contribution in [0.4, 0.5) is 8.78 Å². The number of isocyanates is 1. The second kappa shape index (κ2) is 4.38. The maximum atomic E-state index is 12.8. The van der Waals surface area contributed by atoms with Gasteiger partial charge in [0, 0.05) is 5.56 Å². The zero-order chi connectivity index (χ0) is 13.3. The van der Waals surface area contributed by atoms with E-state index in [2.05, 4.69) is 4.99 Å². The molecule has 2 rings (SSSR count). The van der Waals surface area contributed by atoms with Crippen LogP contribution in [0.3, 0.4) is 0 Å². The van der Waals surface area contributed by atoms with Gasteiger partial charge in [-0.15, -0.1) is 0 Å². The molecular formula is C12H11F2NO3. The largest absolute Gasteiger partial charge is 0.507 e.